The highest BCUT2D eigenvalue weighted by Crippen LogP contribution is 2.24. The summed E-state index contributed by atoms with van der Waals surface area (Å²) in [5.41, 5.74) is 0.920. The maximum atomic E-state index is 12.2. The maximum absolute atomic E-state index is 12.2. The molecule has 4 nitrogen and oxygen atoms in total. The molecule has 0 spiro atoms. The van der Waals surface area contributed by atoms with Gasteiger partial charge in [-0.3, -0.25) is 4.79 Å². The predicted molar refractivity (Wildman–Crippen MR) is 82.8 cm³/mol. The first-order chi connectivity index (χ1) is 9.11. The lowest BCUT2D eigenvalue weighted by molar-refractivity contribution is -0.132. The van der Waals surface area contributed by atoms with Crippen molar-refractivity contribution in [2.45, 2.75) is 25.4 Å². The van der Waals surface area contributed by atoms with E-state index in [0.29, 0.717) is 11.6 Å². The van der Waals surface area contributed by atoms with Crippen LogP contribution in [0.4, 0.5) is 0 Å². The van der Waals surface area contributed by atoms with Crippen LogP contribution >= 0.6 is 24.0 Å². The second kappa shape index (κ2) is 7.72. The molecule has 1 aliphatic rings. The molecule has 2 rings (SSSR count). The van der Waals surface area contributed by atoms with E-state index in [9.17, 15) is 4.79 Å². The summed E-state index contributed by atoms with van der Waals surface area (Å²) in [7, 11) is 3.43. The fourth-order valence-electron chi connectivity index (χ4n) is 2.37. The van der Waals surface area contributed by atoms with Crippen molar-refractivity contribution in [1.29, 1.82) is 0 Å². The molecular weight excluding hydrogens is 299 g/mol. The van der Waals surface area contributed by atoms with Crippen LogP contribution in [0.3, 0.4) is 0 Å². The Morgan fingerprint density at radius 2 is 2.30 bits per heavy atom. The average molecular weight is 319 g/mol. The molecule has 1 aliphatic heterocycles. The highest BCUT2D eigenvalue weighted by molar-refractivity contribution is 6.30. The Morgan fingerprint density at radius 1 is 1.55 bits per heavy atom. The Kier molecular flexibility index (Phi) is 6.59. The maximum Gasteiger partial charge on any atom is 0.239 e. The standard InChI is InChI=1S/C14H19ClN2O2.ClH/c1-17(14(18)12-4-3-7-16-12)9-10-8-11(15)5-6-13(10)19-2;/h5-6,8,12,16H,3-4,7,9H2,1-2H3;1H/t12-;/m0./s1. The number of carbonyl (C=O) groups excluding carboxylic acids is 1. The van der Waals surface area contributed by atoms with Crippen molar-refractivity contribution in [3.63, 3.8) is 0 Å². The Bertz CT molecular complexity index is 462. The molecular formula is C14H20Cl2N2O2. The van der Waals surface area contributed by atoms with Crippen molar-refractivity contribution in [2.24, 2.45) is 0 Å². The van der Waals surface area contributed by atoms with Crippen molar-refractivity contribution in [3.8, 4) is 5.75 Å². The number of rotatable bonds is 4. The van der Waals surface area contributed by atoms with Gasteiger partial charge in [-0.1, -0.05) is 11.6 Å². The van der Waals surface area contributed by atoms with Gasteiger partial charge in [-0.05, 0) is 37.6 Å². The third-order valence-corrected chi connectivity index (χ3v) is 3.62. The zero-order valence-electron chi connectivity index (χ0n) is 11.7. The summed E-state index contributed by atoms with van der Waals surface area (Å²) in [6, 6.07) is 5.40. The van der Waals surface area contributed by atoms with Gasteiger partial charge in [0.15, 0.2) is 0 Å². The van der Waals surface area contributed by atoms with Crippen molar-refractivity contribution in [3.05, 3.63) is 28.8 Å². The number of nitrogens with zero attached hydrogens (tertiary/aromatic N) is 1. The number of ether oxygens (including phenoxy) is 1. The SMILES string of the molecule is COc1ccc(Cl)cc1CN(C)C(=O)[C@@H]1CCCN1.Cl. The number of likely N-dealkylation sites (N-methyl/N-ethyl adjacent to an activating group) is 1. The summed E-state index contributed by atoms with van der Waals surface area (Å²) in [5, 5.41) is 3.86. The van der Waals surface area contributed by atoms with Crippen LogP contribution < -0.4 is 10.1 Å². The number of halogens is 2. The van der Waals surface area contributed by atoms with Gasteiger partial charge in [-0.25, -0.2) is 0 Å². The van der Waals surface area contributed by atoms with Crippen LogP contribution in [0.15, 0.2) is 18.2 Å². The third-order valence-electron chi connectivity index (χ3n) is 3.38. The molecule has 1 amide bonds. The minimum atomic E-state index is -0.0461. The van der Waals surface area contributed by atoms with Crippen molar-refractivity contribution in [1.82, 2.24) is 10.2 Å². The largest absolute Gasteiger partial charge is 0.496 e. The van der Waals surface area contributed by atoms with E-state index in [4.69, 9.17) is 16.3 Å². The Labute approximate surface area is 130 Å². The molecule has 6 heteroatoms. The van der Waals surface area contributed by atoms with Gasteiger partial charge in [0.25, 0.3) is 0 Å². The number of amides is 1. The molecule has 1 fully saturated rings. The molecule has 1 aromatic carbocycles. The van der Waals surface area contributed by atoms with Crippen LogP contribution in [-0.4, -0.2) is 37.6 Å². The van der Waals surface area contributed by atoms with Crippen LogP contribution in [-0.2, 0) is 11.3 Å². The summed E-state index contributed by atoms with van der Waals surface area (Å²) in [6.07, 6.45) is 1.97. The molecule has 112 valence electrons. The average Bonchev–Trinajstić information content (AvgIpc) is 2.92. The Balaban J connectivity index is 0.00000200. The summed E-state index contributed by atoms with van der Waals surface area (Å²) in [5.74, 6) is 0.878. The molecule has 1 aromatic rings. The van der Waals surface area contributed by atoms with Crippen LogP contribution in [0.5, 0.6) is 5.75 Å². The van der Waals surface area contributed by atoms with E-state index in [2.05, 4.69) is 5.32 Å². The third kappa shape index (κ3) is 4.01. The van der Waals surface area contributed by atoms with E-state index in [1.54, 1.807) is 18.1 Å². The first-order valence-electron chi connectivity index (χ1n) is 6.42. The van der Waals surface area contributed by atoms with Gasteiger partial charge in [-0.2, -0.15) is 0 Å². The van der Waals surface area contributed by atoms with E-state index < -0.39 is 0 Å². The molecule has 0 bridgehead atoms. The van der Waals surface area contributed by atoms with Gasteiger partial charge in [-0.15, -0.1) is 12.4 Å². The zero-order chi connectivity index (χ0) is 13.8. The number of carbonyl (C=O) groups is 1. The van der Waals surface area contributed by atoms with Crippen LogP contribution in [0, 0.1) is 0 Å². The topological polar surface area (TPSA) is 41.6 Å². The van der Waals surface area contributed by atoms with Gasteiger partial charge >= 0.3 is 0 Å². The summed E-state index contributed by atoms with van der Waals surface area (Å²) in [6.45, 7) is 1.42. The Morgan fingerprint density at radius 3 is 2.90 bits per heavy atom. The molecule has 1 atom stereocenters. The second-order valence-electron chi connectivity index (χ2n) is 4.80. The minimum absolute atomic E-state index is 0. The molecule has 1 saturated heterocycles. The van der Waals surface area contributed by atoms with E-state index >= 15 is 0 Å². The molecule has 0 unspecified atom stereocenters. The number of hydrogen-bond acceptors (Lipinski definition) is 3. The first-order valence-corrected chi connectivity index (χ1v) is 6.80. The summed E-state index contributed by atoms with van der Waals surface area (Å²) < 4.78 is 5.29. The molecule has 0 radical (unpaired) electrons. The zero-order valence-corrected chi connectivity index (χ0v) is 13.3. The molecule has 1 heterocycles. The Hall–Kier alpha value is -0.970. The lowest BCUT2D eigenvalue weighted by Crippen LogP contribution is -2.41. The molecule has 0 aromatic heterocycles. The van der Waals surface area contributed by atoms with Gasteiger partial charge in [0, 0.05) is 24.2 Å². The van der Waals surface area contributed by atoms with Crippen LogP contribution in [0.2, 0.25) is 5.02 Å². The monoisotopic (exact) mass is 318 g/mol. The number of nitrogens with one attached hydrogen (secondary N) is 1. The number of benzene rings is 1. The van der Waals surface area contributed by atoms with Crippen molar-refractivity contribution in [2.75, 3.05) is 20.7 Å². The molecule has 1 N–H and O–H groups in total. The lowest BCUT2D eigenvalue weighted by atomic mass is 10.1. The van der Waals surface area contributed by atoms with Crippen LogP contribution in [0.1, 0.15) is 18.4 Å². The van der Waals surface area contributed by atoms with Crippen molar-refractivity contribution < 1.29 is 9.53 Å². The predicted octanol–water partition coefficient (Wildman–Crippen LogP) is 2.48. The normalized spacial score (nSPS) is 17.4. The number of hydrogen-bond donors (Lipinski definition) is 1. The smallest absolute Gasteiger partial charge is 0.239 e. The fourth-order valence-corrected chi connectivity index (χ4v) is 2.56. The number of methoxy groups -OCH3 is 1. The van der Waals surface area contributed by atoms with E-state index in [1.807, 2.05) is 19.2 Å². The van der Waals surface area contributed by atoms with E-state index in [0.717, 1.165) is 30.7 Å². The summed E-state index contributed by atoms with van der Waals surface area (Å²) in [4.78, 5) is 13.9. The lowest BCUT2D eigenvalue weighted by Gasteiger charge is -2.22. The van der Waals surface area contributed by atoms with Gasteiger partial charge < -0.3 is 15.0 Å². The second-order valence-corrected chi connectivity index (χ2v) is 5.24. The minimum Gasteiger partial charge on any atom is -0.496 e. The molecule has 0 aliphatic carbocycles. The first kappa shape index (κ1) is 17.1. The van der Waals surface area contributed by atoms with E-state index in [-0.39, 0.29) is 24.4 Å². The van der Waals surface area contributed by atoms with Crippen LogP contribution in [0.25, 0.3) is 0 Å². The van der Waals surface area contributed by atoms with Gasteiger partial charge in [0.2, 0.25) is 5.91 Å². The summed E-state index contributed by atoms with van der Waals surface area (Å²) >= 11 is 5.99. The fraction of sp³-hybridized carbons (Fsp3) is 0.500. The molecule has 20 heavy (non-hydrogen) atoms. The quantitative estimate of drug-likeness (QED) is 0.927. The highest BCUT2D eigenvalue weighted by Gasteiger charge is 2.25. The molecule has 0 saturated carbocycles. The highest BCUT2D eigenvalue weighted by atomic mass is 35.5. The van der Waals surface area contributed by atoms with E-state index in [1.165, 1.54) is 0 Å². The van der Waals surface area contributed by atoms with Gasteiger partial charge in [0.1, 0.15) is 5.75 Å². The van der Waals surface area contributed by atoms with Gasteiger partial charge in [0.05, 0.1) is 13.2 Å². The van der Waals surface area contributed by atoms with Crippen molar-refractivity contribution >= 4 is 29.9 Å².